The molecule has 1 aliphatic heterocycles. The topological polar surface area (TPSA) is 24.5 Å². The van der Waals surface area contributed by atoms with E-state index in [2.05, 4.69) is 5.32 Å². The summed E-state index contributed by atoms with van der Waals surface area (Å²) in [7, 11) is 0. The molecule has 6 heteroatoms. The Hall–Kier alpha value is -0.330. The van der Waals surface area contributed by atoms with Crippen LogP contribution in [0.1, 0.15) is 26.7 Å². The smallest absolute Gasteiger partial charge is 0.379 e. The van der Waals surface area contributed by atoms with Gasteiger partial charge in [-0.3, -0.25) is 0 Å². The largest absolute Gasteiger partial charge is 0.394 e. The molecule has 1 N–H and O–H groups in total. The van der Waals surface area contributed by atoms with Crippen LogP contribution in [-0.2, 0) is 4.74 Å². The van der Waals surface area contributed by atoms with Crippen LogP contribution in [0.3, 0.4) is 0 Å². The first kappa shape index (κ1) is 16.7. The number of unbranched alkanes of at least 4 members (excludes halogenated alkanes) is 1. The molecular weight excluding hydrogens is 257 g/mol. The highest BCUT2D eigenvalue weighted by Gasteiger charge is 2.40. The summed E-state index contributed by atoms with van der Waals surface area (Å²) >= 11 is 0. The summed E-state index contributed by atoms with van der Waals surface area (Å²) in [5.74, 6) is -1.25. The van der Waals surface area contributed by atoms with Crippen LogP contribution in [0.5, 0.6) is 0 Å². The van der Waals surface area contributed by atoms with Crippen molar-refractivity contribution in [1.29, 1.82) is 0 Å². The SMILES string of the molecule is CC(C)OCCCCN1CCNCC(C(F)(F)F)C1. The van der Waals surface area contributed by atoms with E-state index in [1.165, 1.54) is 0 Å². The molecule has 0 aromatic carbocycles. The first-order valence-electron chi connectivity index (χ1n) is 7.01. The van der Waals surface area contributed by atoms with Gasteiger partial charge in [0.15, 0.2) is 0 Å². The molecule has 1 heterocycles. The molecule has 114 valence electrons. The van der Waals surface area contributed by atoms with Crippen molar-refractivity contribution < 1.29 is 17.9 Å². The second kappa shape index (κ2) is 8.07. The van der Waals surface area contributed by atoms with E-state index in [0.717, 1.165) is 19.4 Å². The summed E-state index contributed by atoms with van der Waals surface area (Å²) < 4.78 is 43.6. The van der Waals surface area contributed by atoms with Crippen LogP contribution in [-0.4, -0.2) is 56.5 Å². The van der Waals surface area contributed by atoms with E-state index in [0.29, 0.717) is 19.7 Å². The monoisotopic (exact) mass is 282 g/mol. The molecule has 1 unspecified atom stereocenters. The molecule has 1 fully saturated rings. The maximum absolute atomic E-state index is 12.7. The van der Waals surface area contributed by atoms with Gasteiger partial charge in [0.25, 0.3) is 0 Å². The molecule has 0 amide bonds. The van der Waals surface area contributed by atoms with Crippen LogP contribution >= 0.6 is 0 Å². The van der Waals surface area contributed by atoms with Crippen LogP contribution in [0.25, 0.3) is 0 Å². The van der Waals surface area contributed by atoms with Gasteiger partial charge in [-0.05, 0) is 33.2 Å². The average molecular weight is 282 g/mol. The van der Waals surface area contributed by atoms with Gasteiger partial charge in [-0.25, -0.2) is 0 Å². The van der Waals surface area contributed by atoms with Crippen LogP contribution in [0.4, 0.5) is 13.2 Å². The molecule has 1 aliphatic rings. The van der Waals surface area contributed by atoms with Crippen molar-refractivity contribution in [2.24, 2.45) is 5.92 Å². The third-order valence-corrected chi connectivity index (χ3v) is 3.26. The summed E-state index contributed by atoms with van der Waals surface area (Å²) in [5, 5.41) is 2.86. The Morgan fingerprint density at radius 1 is 1.32 bits per heavy atom. The quantitative estimate of drug-likeness (QED) is 0.756. The first-order valence-corrected chi connectivity index (χ1v) is 7.01. The van der Waals surface area contributed by atoms with Gasteiger partial charge in [0.1, 0.15) is 0 Å². The number of rotatable bonds is 6. The highest BCUT2D eigenvalue weighted by molar-refractivity contribution is 4.78. The van der Waals surface area contributed by atoms with Crippen LogP contribution in [0.15, 0.2) is 0 Å². The molecule has 0 spiro atoms. The second-order valence-electron chi connectivity index (χ2n) is 5.37. The number of nitrogens with one attached hydrogen (secondary N) is 1. The third kappa shape index (κ3) is 7.13. The standard InChI is InChI=1S/C13H25F3N2O/c1-11(2)19-8-4-3-6-18-7-5-17-9-12(10-18)13(14,15)16/h11-12,17H,3-10H2,1-2H3. The Labute approximate surface area is 113 Å². The minimum absolute atomic E-state index is 0.0382. The highest BCUT2D eigenvalue weighted by Crippen LogP contribution is 2.27. The number of ether oxygens (including phenoxy) is 1. The summed E-state index contributed by atoms with van der Waals surface area (Å²) in [6, 6.07) is 0. The third-order valence-electron chi connectivity index (χ3n) is 3.26. The van der Waals surface area contributed by atoms with Crippen molar-refractivity contribution in [3.8, 4) is 0 Å². The molecule has 19 heavy (non-hydrogen) atoms. The zero-order valence-electron chi connectivity index (χ0n) is 11.8. The van der Waals surface area contributed by atoms with E-state index in [9.17, 15) is 13.2 Å². The Balaban J connectivity index is 2.24. The summed E-state index contributed by atoms with van der Waals surface area (Å²) in [5.41, 5.74) is 0. The van der Waals surface area contributed by atoms with E-state index in [-0.39, 0.29) is 19.2 Å². The number of hydrogen-bond donors (Lipinski definition) is 1. The van der Waals surface area contributed by atoms with Gasteiger partial charge < -0.3 is 15.0 Å². The fourth-order valence-corrected chi connectivity index (χ4v) is 2.16. The minimum Gasteiger partial charge on any atom is -0.379 e. The summed E-state index contributed by atoms with van der Waals surface area (Å²) in [6.07, 6.45) is -2.09. The molecule has 1 saturated heterocycles. The highest BCUT2D eigenvalue weighted by atomic mass is 19.4. The zero-order chi connectivity index (χ0) is 14.3. The summed E-state index contributed by atoms with van der Waals surface area (Å²) in [6.45, 7) is 6.84. The molecule has 1 atom stereocenters. The van der Waals surface area contributed by atoms with Crippen molar-refractivity contribution in [3.63, 3.8) is 0 Å². The van der Waals surface area contributed by atoms with E-state index in [1.54, 1.807) is 0 Å². The molecule has 1 rings (SSSR count). The number of nitrogens with zero attached hydrogens (tertiary/aromatic N) is 1. The van der Waals surface area contributed by atoms with Crippen LogP contribution < -0.4 is 5.32 Å². The molecule has 0 radical (unpaired) electrons. The zero-order valence-corrected chi connectivity index (χ0v) is 11.8. The maximum Gasteiger partial charge on any atom is 0.394 e. The van der Waals surface area contributed by atoms with Crippen molar-refractivity contribution in [3.05, 3.63) is 0 Å². The lowest BCUT2D eigenvalue weighted by Gasteiger charge is -2.25. The van der Waals surface area contributed by atoms with Gasteiger partial charge >= 0.3 is 6.18 Å². The van der Waals surface area contributed by atoms with Crippen LogP contribution in [0.2, 0.25) is 0 Å². The van der Waals surface area contributed by atoms with E-state index in [1.807, 2.05) is 18.7 Å². The Bertz CT molecular complexity index is 247. The van der Waals surface area contributed by atoms with Gasteiger partial charge in [0, 0.05) is 32.8 Å². The first-order chi connectivity index (χ1) is 8.89. The number of halogens is 3. The van der Waals surface area contributed by atoms with E-state index >= 15 is 0 Å². The predicted octanol–water partition coefficient (Wildman–Crippen LogP) is 2.28. The van der Waals surface area contributed by atoms with Crippen molar-refractivity contribution in [2.45, 2.75) is 39.0 Å². The Morgan fingerprint density at radius 2 is 2.05 bits per heavy atom. The van der Waals surface area contributed by atoms with Gasteiger partial charge in [0.2, 0.25) is 0 Å². The van der Waals surface area contributed by atoms with E-state index < -0.39 is 12.1 Å². The molecule has 3 nitrogen and oxygen atoms in total. The summed E-state index contributed by atoms with van der Waals surface area (Å²) in [4.78, 5) is 1.91. The fraction of sp³-hybridized carbons (Fsp3) is 1.00. The van der Waals surface area contributed by atoms with Gasteiger partial charge in [0.05, 0.1) is 12.0 Å². The van der Waals surface area contributed by atoms with Crippen LogP contribution in [0, 0.1) is 5.92 Å². The van der Waals surface area contributed by atoms with E-state index in [4.69, 9.17) is 4.74 Å². The molecule has 0 aliphatic carbocycles. The minimum atomic E-state index is -4.10. The normalized spacial score (nSPS) is 22.7. The lowest BCUT2D eigenvalue weighted by atomic mass is 10.1. The predicted molar refractivity (Wildman–Crippen MR) is 69.2 cm³/mol. The maximum atomic E-state index is 12.7. The van der Waals surface area contributed by atoms with Crippen molar-refractivity contribution in [1.82, 2.24) is 10.2 Å². The van der Waals surface area contributed by atoms with Gasteiger partial charge in [-0.15, -0.1) is 0 Å². The van der Waals surface area contributed by atoms with Gasteiger partial charge in [-0.2, -0.15) is 13.2 Å². The van der Waals surface area contributed by atoms with Crippen molar-refractivity contribution in [2.75, 3.05) is 39.3 Å². The second-order valence-corrected chi connectivity index (χ2v) is 5.37. The fourth-order valence-electron chi connectivity index (χ4n) is 2.16. The van der Waals surface area contributed by atoms with Gasteiger partial charge in [-0.1, -0.05) is 0 Å². The Kier molecular flexibility index (Phi) is 7.10. The molecule has 0 aromatic rings. The average Bonchev–Trinajstić information content (AvgIpc) is 2.53. The number of alkyl halides is 3. The number of hydrogen-bond acceptors (Lipinski definition) is 3. The lowest BCUT2D eigenvalue weighted by Crippen LogP contribution is -2.38. The molecule has 0 aromatic heterocycles. The molecule has 0 bridgehead atoms. The lowest BCUT2D eigenvalue weighted by molar-refractivity contribution is -0.175. The molecular formula is C13H25F3N2O. The molecule has 0 saturated carbocycles. The Morgan fingerprint density at radius 3 is 2.68 bits per heavy atom. The van der Waals surface area contributed by atoms with Crippen molar-refractivity contribution >= 4 is 0 Å².